The number of hydrogen-bond acceptors (Lipinski definition) is 5. The summed E-state index contributed by atoms with van der Waals surface area (Å²) >= 11 is 0. The fourth-order valence-electron chi connectivity index (χ4n) is 3.44. The molecule has 2 heterocycles. The van der Waals surface area contributed by atoms with E-state index in [4.69, 9.17) is 9.47 Å². The van der Waals surface area contributed by atoms with Crippen LogP contribution in [0.2, 0.25) is 0 Å². The molecule has 1 aromatic heterocycles. The number of aromatic nitrogens is 2. The lowest BCUT2D eigenvalue weighted by atomic mass is 10.1. The average Bonchev–Trinajstić information content (AvgIpc) is 3.12. The Bertz CT molecular complexity index is 916. The first-order chi connectivity index (χ1) is 14.2. The fourth-order valence-corrected chi connectivity index (χ4v) is 3.44. The Labute approximate surface area is 177 Å². The molecule has 0 bridgehead atoms. The minimum Gasteiger partial charge on any atom is -0.495 e. The fraction of sp³-hybridized carbons (Fsp3) is 0.500. The number of rotatable bonds is 4. The molecule has 2 aromatic rings. The van der Waals surface area contributed by atoms with E-state index in [1.165, 1.54) is 0 Å². The number of carbonyl (C=O) groups is 2. The Morgan fingerprint density at radius 1 is 1.27 bits per heavy atom. The summed E-state index contributed by atoms with van der Waals surface area (Å²) in [6, 6.07) is 5.19. The number of hydrogen-bond donors (Lipinski definition) is 1. The summed E-state index contributed by atoms with van der Waals surface area (Å²) in [4.78, 5) is 31.0. The van der Waals surface area contributed by atoms with Crippen molar-refractivity contribution in [2.45, 2.75) is 52.2 Å². The number of piperidine rings is 1. The predicted octanol–water partition coefficient (Wildman–Crippen LogP) is 3.32. The van der Waals surface area contributed by atoms with Gasteiger partial charge in [0, 0.05) is 30.9 Å². The second-order valence-electron chi connectivity index (χ2n) is 8.55. The van der Waals surface area contributed by atoms with E-state index >= 15 is 0 Å². The van der Waals surface area contributed by atoms with Crippen molar-refractivity contribution < 1.29 is 19.1 Å². The van der Waals surface area contributed by atoms with E-state index in [-0.39, 0.29) is 18.0 Å². The number of likely N-dealkylation sites (tertiary alicyclic amines) is 1. The molecule has 0 radical (unpaired) electrons. The largest absolute Gasteiger partial charge is 0.495 e. The minimum atomic E-state index is -0.542. The number of imidazole rings is 1. The van der Waals surface area contributed by atoms with Gasteiger partial charge in [0.05, 0.1) is 24.8 Å². The smallest absolute Gasteiger partial charge is 0.410 e. The maximum atomic E-state index is 12.8. The second-order valence-corrected chi connectivity index (χ2v) is 8.55. The molecule has 0 saturated carbocycles. The van der Waals surface area contributed by atoms with Crippen LogP contribution in [-0.2, 0) is 4.74 Å². The molecule has 1 fully saturated rings. The van der Waals surface area contributed by atoms with Gasteiger partial charge in [0.1, 0.15) is 11.4 Å². The van der Waals surface area contributed by atoms with Crippen molar-refractivity contribution in [1.29, 1.82) is 0 Å². The van der Waals surface area contributed by atoms with Gasteiger partial charge in [-0.3, -0.25) is 4.79 Å². The summed E-state index contributed by atoms with van der Waals surface area (Å²) in [5.41, 5.74) is 1.66. The maximum Gasteiger partial charge on any atom is 0.410 e. The maximum absolute atomic E-state index is 12.8. The Kier molecular flexibility index (Phi) is 6.34. The number of carbonyl (C=O) groups excluding carboxylic acids is 2. The second kappa shape index (κ2) is 8.77. The topological polar surface area (TPSA) is 85.7 Å². The molecule has 8 nitrogen and oxygen atoms in total. The van der Waals surface area contributed by atoms with Crippen molar-refractivity contribution in [3.63, 3.8) is 0 Å². The van der Waals surface area contributed by atoms with Crippen molar-refractivity contribution in [3.05, 3.63) is 42.0 Å². The summed E-state index contributed by atoms with van der Waals surface area (Å²) in [6.07, 6.45) is 4.88. The highest BCUT2D eigenvalue weighted by Gasteiger charge is 2.28. The Balaban J connectivity index is 1.67. The van der Waals surface area contributed by atoms with Gasteiger partial charge >= 0.3 is 6.09 Å². The van der Waals surface area contributed by atoms with Crippen molar-refractivity contribution in [2.75, 3.05) is 20.2 Å². The molecule has 1 aliphatic rings. The molecule has 3 rings (SSSR count). The molecule has 1 N–H and O–H groups in total. The van der Waals surface area contributed by atoms with Gasteiger partial charge in [0.2, 0.25) is 0 Å². The van der Waals surface area contributed by atoms with E-state index in [0.29, 0.717) is 24.4 Å². The Hall–Kier alpha value is -3.03. The molecule has 2 amide bonds. The monoisotopic (exact) mass is 414 g/mol. The minimum absolute atomic E-state index is 0.124. The zero-order valence-corrected chi connectivity index (χ0v) is 18.3. The van der Waals surface area contributed by atoms with Crippen LogP contribution in [0.25, 0.3) is 5.69 Å². The summed E-state index contributed by atoms with van der Waals surface area (Å²) in [5, 5.41) is 3.03. The summed E-state index contributed by atoms with van der Waals surface area (Å²) in [7, 11) is 1.57. The molecule has 0 unspecified atom stereocenters. The van der Waals surface area contributed by atoms with Crippen LogP contribution in [0.1, 0.15) is 49.7 Å². The molecule has 1 atom stereocenters. The zero-order chi connectivity index (χ0) is 21.9. The molecule has 8 heteroatoms. The highest BCUT2D eigenvalue weighted by molar-refractivity contribution is 5.95. The first-order valence-electron chi connectivity index (χ1n) is 10.1. The van der Waals surface area contributed by atoms with Gasteiger partial charge in [0.25, 0.3) is 5.91 Å². The summed E-state index contributed by atoms with van der Waals surface area (Å²) in [6.45, 7) is 8.51. The van der Waals surface area contributed by atoms with Crippen LogP contribution in [0.15, 0.2) is 30.7 Å². The van der Waals surface area contributed by atoms with Gasteiger partial charge in [-0.15, -0.1) is 0 Å². The van der Waals surface area contributed by atoms with Crippen LogP contribution >= 0.6 is 0 Å². The SMILES string of the molecule is COc1cc(C(=O)N[C@H]2CCCN(C(=O)OC(C)(C)C)C2)ccc1-n1cnc(C)c1. The molecule has 1 aliphatic heterocycles. The number of nitrogens with zero attached hydrogens (tertiary/aromatic N) is 3. The number of ether oxygens (including phenoxy) is 2. The predicted molar refractivity (Wildman–Crippen MR) is 113 cm³/mol. The summed E-state index contributed by atoms with van der Waals surface area (Å²) in [5.74, 6) is 0.386. The molecule has 1 aromatic carbocycles. The first kappa shape index (κ1) is 21.7. The number of aryl methyl sites for hydroxylation is 1. The van der Waals surface area contributed by atoms with Gasteiger partial charge < -0.3 is 24.3 Å². The number of amides is 2. The van der Waals surface area contributed by atoms with E-state index in [2.05, 4.69) is 10.3 Å². The van der Waals surface area contributed by atoms with E-state index in [1.807, 2.05) is 44.5 Å². The van der Waals surface area contributed by atoms with Crippen LogP contribution in [0.4, 0.5) is 4.79 Å². The van der Waals surface area contributed by atoms with Gasteiger partial charge in [-0.05, 0) is 58.7 Å². The lowest BCUT2D eigenvalue weighted by molar-refractivity contribution is 0.0185. The normalized spacial score (nSPS) is 16.8. The van der Waals surface area contributed by atoms with Crippen molar-refractivity contribution in [2.24, 2.45) is 0 Å². The number of methoxy groups -OCH3 is 1. The molecule has 162 valence electrons. The van der Waals surface area contributed by atoms with Gasteiger partial charge in [-0.2, -0.15) is 0 Å². The average molecular weight is 415 g/mol. The van der Waals surface area contributed by atoms with Crippen LogP contribution in [0.3, 0.4) is 0 Å². The standard InChI is InChI=1S/C22H30N4O4/c1-15-12-26(14-23-15)18-9-8-16(11-19(18)29-5)20(27)24-17-7-6-10-25(13-17)21(28)30-22(2,3)4/h8-9,11-12,14,17H,6-7,10,13H2,1-5H3,(H,24,27)/t17-/m0/s1. The lowest BCUT2D eigenvalue weighted by Crippen LogP contribution is -2.50. The highest BCUT2D eigenvalue weighted by atomic mass is 16.6. The zero-order valence-electron chi connectivity index (χ0n) is 18.3. The van der Waals surface area contributed by atoms with E-state index in [9.17, 15) is 9.59 Å². The molecule has 0 aliphatic carbocycles. The van der Waals surface area contributed by atoms with Gasteiger partial charge in [-0.25, -0.2) is 9.78 Å². The van der Waals surface area contributed by atoms with Crippen LogP contribution in [0.5, 0.6) is 5.75 Å². The highest BCUT2D eigenvalue weighted by Crippen LogP contribution is 2.25. The van der Waals surface area contributed by atoms with Crippen LogP contribution in [0, 0.1) is 6.92 Å². The molecular weight excluding hydrogens is 384 g/mol. The molecule has 30 heavy (non-hydrogen) atoms. The third-order valence-corrected chi connectivity index (χ3v) is 4.84. The lowest BCUT2D eigenvalue weighted by Gasteiger charge is -2.34. The van der Waals surface area contributed by atoms with E-state index in [0.717, 1.165) is 24.2 Å². The van der Waals surface area contributed by atoms with Gasteiger partial charge in [-0.1, -0.05) is 0 Å². The van der Waals surface area contributed by atoms with Crippen molar-refractivity contribution in [3.8, 4) is 11.4 Å². The third kappa shape index (κ3) is 5.31. The Morgan fingerprint density at radius 2 is 2.03 bits per heavy atom. The third-order valence-electron chi connectivity index (χ3n) is 4.84. The number of benzene rings is 1. The molecular formula is C22H30N4O4. The van der Waals surface area contributed by atoms with Crippen LogP contribution in [-0.4, -0.2) is 58.3 Å². The Morgan fingerprint density at radius 3 is 2.67 bits per heavy atom. The van der Waals surface area contributed by atoms with Crippen molar-refractivity contribution >= 4 is 12.0 Å². The quantitative estimate of drug-likeness (QED) is 0.830. The van der Waals surface area contributed by atoms with E-state index < -0.39 is 5.60 Å². The number of nitrogens with one attached hydrogen (secondary N) is 1. The first-order valence-corrected chi connectivity index (χ1v) is 10.1. The van der Waals surface area contributed by atoms with Crippen LogP contribution < -0.4 is 10.1 Å². The molecule has 0 spiro atoms. The van der Waals surface area contributed by atoms with E-state index in [1.54, 1.807) is 30.5 Å². The van der Waals surface area contributed by atoms with Crippen molar-refractivity contribution in [1.82, 2.24) is 19.8 Å². The summed E-state index contributed by atoms with van der Waals surface area (Å²) < 4.78 is 12.8. The van der Waals surface area contributed by atoms with Gasteiger partial charge in [0.15, 0.2) is 0 Å². The molecule has 1 saturated heterocycles.